The molecular weight excluding hydrogens is 452 g/mol. The first kappa shape index (κ1) is 24.5. The average molecular weight is 489 g/mol. The number of aryl methyl sites for hydroxylation is 2. The minimum Gasteiger partial charge on any atom is -0.452 e. The van der Waals surface area contributed by atoms with E-state index in [9.17, 15) is 14.4 Å². The summed E-state index contributed by atoms with van der Waals surface area (Å²) in [6.07, 6.45) is 5.00. The number of hydrogen-bond acceptors (Lipinski definition) is 4. The number of nitrogens with one attached hydrogen (secondary N) is 2. The molecule has 5 atom stereocenters. The maximum absolute atomic E-state index is 13.6. The van der Waals surface area contributed by atoms with E-state index in [4.69, 9.17) is 4.74 Å². The fourth-order valence-corrected chi connectivity index (χ4v) is 7.48. The molecule has 6 nitrogen and oxygen atoms in total. The standard InChI is InChI=1S/C30H36N2O4/c1-19-8-7-9-20(2)26(19)32-25(33)17-31-27(34)21(3)36-28(35)30-15-22-12-23(16-30)14-29(13-22,18-30)24-10-5-4-6-11-24/h4-11,21-23H,12-18H2,1-3H3,(H,31,34)(H,32,33)/t21-,22-,23+,29?,30?/m1/s1. The first-order valence-corrected chi connectivity index (χ1v) is 13.1. The molecule has 6 heteroatoms. The molecule has 2 amide bonds. The average Bonchev–Trinajstić information content (AvgIpc) is 2.84. The van der Waals surface area contributed by atoms with Crippen molar-refractivity contribution < 1.29 is 19.1 Å². The predicted molar refractivity (Wildman–Crippen MR) is 138 cm³/mol. The number of anilines is 1. The van der Waals surface area contributed by atoms with Gasteiger partial charge in [-0.2, -0.15) is 0 Å². The van der Waals surface area contributed by atoms with Crippen LogP contribution in [0.4, 0.5) is 5.69 Å². The summed E-state index contributed by atoms with van der Waals surface area (Å²) >= 11 is 0. The Balaban J connectivity index is 1.20. The van der Waals surface area contributed by atoms with Crippen molar-refractivity contribution in [3.8, 4) is 0 Å². The number of carbonyl (C=O) groups is 3. The van der Waals surface area contributed by atoms with Gasteiger partial charge in [-0.3, -0.25) is 14.4 Å². The zero-order valence-corrected chi connectivity index (χ0v) is 21.4. The van der Waals surface area contributed by atoms with Gasteiger partial charge >= 0.3 is 5.97 Å². The molecule has 0 spiro atoms. The monoisotopic (exact) mass is 488 g/mol. The molecule has 190 valence electrons. The lowest BCUT2D eigenvalue weighted by molar-refractivity contribution is -0.180. The molecule has 0 aliphatic heterocycles. The Kier molecular flexibility index (Phi) is 6.39. The normalized spacial score (nSPS) is 28.9. The second-order valence-corrected chi connectivity index (χ2v) is 11.5. The molecule has 2 N–H and O–H groups in total. The first-order chi connectivity index (χ1) is 17.2. The van der Waals surface area contributed by atoms with E-state index in [0.717, 1.165) is 48.9 Å². The van der Waals surface area contributed by atoms with Crippen LogP contribution in [0.25, 0.3) is 0 Å². The molecule has 0 radical (unpaired) electrons. The van der Waals surface area contributed by atoms with E-state index in [-0.39, 0.29) is 23.8 Å². The van der Waals surface area contributed by atoms with Gasteiger partial charge < -0.3 is 15.4 Å². The SMILES string of the molecule is Cc1cccc(C)c1NC(=O)CNC(=O)[C@@H](C)OC(=O)C12C[C@H]3C[C@@H](C1)CC(c1ccccc1)(C3)C2. The molecule has 0 aromatic heterocycles. The smallest absolute Gasteiger partial charge is 0.312 e. The molecular formula is C30H36N2O4. The lowest BCUT2D eigenvalue weighted by atomic mass is 9.43. The van der Waals surface area contributed by atoms with Crippen molar-refractivity contribution in [3.63, 3.8) is 0 Å². The summed E-state index contributed by atoms with van der Waals surface area (Å²) in [7, 11) is 0. The van der Waals surface area contributed by atoms with Crippen molar-refractivity contribution in [2.45, 2.75) is 70.8 Å². The number of amides is 2. The van der Waals surface area contributed by atoms with E-state index in [1.165, 1.54) is 12.0 Å². The lowest BCUT2D eigenvalue weighted by Gasteiger charge is -2.61. The van der Waals surface area contributed by atoms with Crippen LogP contribution in [0.5, 0.6) is 0 Å². The molecule has 4 bridgehead atoms. The molecule has 36 heavy (non-hydrogen) atoms. The Morgan fingerprint density at radius 3 is 2.22 bits per heavy atom. The number of hydrogen-bond donors (Lipinski definition) is 2. The quantitative estimate of drug-likeness (QED) is 0.547. The topological polar surface area (TPSA) is 84.5 Å². The first-order valence-electron chi connectivity index (χ1n) is 13.1. The fraction of sp³-hybridized carbons (Fsp3) is 0.500. The van der Waals surface area contributed by atoms with E-state index < -0.39 is 17.4 Å². The van der Waals surface area contributed by atoms with Gasteiger partial charge in [0.15, 0.2) is 6.10 Å². The van der Waals surface area contributed by atoms with Crippen LogP contribution in [0.15, 0.2) is 48.5 Å². The maximum atomic E-state index is 13.6. The zero-order chi connectivity index (χ0) is 25.5. The summed E-state index contributed by atoms with van der Waals surface area (Å²) in [4.78, 5) is 38.7. The van der Waals surface area contributed by atoms with Gasteiger partial charge in [-0.05, 0) is 93.2 Å². The van der Waals surface area contributed by atoms with Crippen molar-refractivity contribution in [2.75, 3.05) is 11.9 Å². The third kappa shape index (κ3) is 4.54. The Labute approximate surface area is 213 Å². The number of rotatable bonds is 7. The number of carbonyl (C=O) groups excluding carboxylic acids is 3. The van der Waals surface area contributed by atoms with Gasteiger partial charge in [0.1, 0.15) is 0 Å². The summed E-state index contributed by atoms with van der Waals surface area (Å²) in [6, 6.07) is 16.4. The Morgan fingerprint density at radius 2 is 1.58 bits per heavy atom. The van der Waals surface area contributed by atoms with Crippen LogP contribution >= 0.6 is 0 Å². The molecule has 2 aromatic rings. The molecule has 2 aromatic carbocycles. The third-order valence-corrected chi connectivity index (χ3v) is 8.70. The van der Waals surface area contributed by atoms with E-state index in [1.807, 2.05) is 38.1 Å². The number of benzene rings is 2. The van der Waals surface area contributed by atoms with Gasteiger partial charge in [-0.1, -0.05) is 48.5 Å². The molecule has 4 saturated carbocycles. The number of para-hydroxylation sites is 1. The summed E-state index contributed by atoms with van der Waals surface area (Å²) in [5, 5.41) is 5.49. The second kappa shape index (κ2) is 9.38. The van der Waals surface area contributed by atoms with Crippen molar-refractivity contribution in [2.24, 2.45) is 17.3 Å². The lowest BCUT2D eigenvalue weighted by Crippen LogP contribution is -2.57. The Morgan fingerprint density at radius 1 is 0.944 bits per heavy atom. The van der Waals surface area contributed by atoms with E-state index in [2.05, 4.69) is 34.9 Å². The summed E-state index contributed by atoms with van der Waals surface area (Å²) in [5.41, 5.74) is 3.51. The fourth-order valence-electron chi connectivity index (χ4n) is 7.48. The molecule has 4 aliphatic rings. The molecule has 0 heterocycles. The summed E-state index contributed by atoms with van der Waals surface area (Å²) in [6.45, 7) is 5.26. The Bertz CT molecular complexity index is 1140. The van der Waals surface area contributed by atoms with Crippen molar-refractivity contribution in [1.82, 2.24) is 5.32 Å². The molecule has 0 saturated heterocycles. The van der Waals surface area contributed by atoms with Gasteiger partial charge in [-0.25, -0.2) is 0 Å². The van der Waals surface area contributed by atoms with Crippen LogP contribution in [0, 0.1) is 31.1 Å². The maximum Gasteiger partial charge on any atom is 0.312 e. The van der Waals surface area contributed by atoms with Crippen LogP contribution < -0.4 is 10.6 Å². The van der Waals surface area contributed by atoms with Gasteiger partial charge in [0.05, 0.1) is 12.0 Å². The number of ether oxygens (including phenoxy) is 1. The van der Waals surface area contributed by atoms with E-state index in [0.29, 0.717) is 11.8 Å². The highest BCUT2D eigenvalue weighted by Crippen LogP contribution is 2.66. The van der Waals surface area contributed by atoms with Crippen LogP contribution in [0.1, 0.15) is 62.1 Å². The van der Waals surface area contributed by atoms with E-state index >= 15 is 0 Å². The van der Waals surface area contributed by atoms with Crippen molar-refractivity contribution in [3.05, 3.63) is 65.2 Å². The molecule has 4 fully saturated rings. The molecule has 6 rings (SSSR count). The van der Waals surface area contributed by atoms with Crippen LogP contribution in [-0.2, 0) is 24.5 Å². The highest BCUT2D eigenvalue weighted by atomic mass is 16.5. The van der Waals surface area contributed by atoms with Gasteiger partial charge in [0.25, 0.3) is 5.91 Å². The number of esters is 1. The predicted octanol–water partition coefficient (Wildman–Crippen LogP) is 4.83. The molecule has 4 aliphatic carbocycles. The highest BCUT2D eigenvalue weighted by molar-refractivity contribution is 5.96. The van der Waals surface area contributed by atoms with Crippen LogP contribution in [0.3, 0.4) is 0 Å². The van der Waals surface area contributed by atoms with Gasteiger partial charge in [-0.15, -0.1) is 0 Å². The van der Waals surface area contributed by atoms with Crippen LogP contribution in [0.2, 0.25) is 0 Å². The van der Waals surface area contributed by atoms with Crippen molar-refractivity contribution >= 4 is 23.5 Å². The summed E-state index contributed by atoms with van der Waals surface area (Å²) in [5.74, 6) is 0.0284. The molecule has 2 unspecified atom stereocenters. The summed E-state index contributed by atoms with van der Waals surface area (Å²) < 4.78 is 5.78. The minimum atomic E-state index is -0.953. The van der Waals surface area contributed by atoms with Crippen molar-refractivity contribution in [1.29, 1.82) is 0 Å². The van der Waals surface area contributed by atoms with Gasteiger partial charge in [0.2, 0.25) is 5.91 Å². The highest BCUT2D eigenvalue weighted by Gasteiger charge is 2.61. The van der Waals surface area contributed by atoms with E-state index in [1.54, 1.807) is 6.92 Å². The van der Waals surface area contributed by atoms with Gasteiger partial charge in [0, 0.05) is 5.69 Å². The Hall–Kier alpha value is -3.15. The zero-order valence-electron chi connectivity index (χ0n) is 21.4. The third-order valence-electron chi connectivity index (χ3n) is 8.70. The largest absolute Gasteiger partial charge is 0.452 e. The second-order valence-electron chi connectivity index (χ2n) is 11.5. The van der Waals surface area contributed by atoms with Crippen LogP contribution in [-0.4, -0.2) is 30.4 Å². The minimum absolute atomic E-state index is 0.0294.